The van der Waals surface area contributed by atoms with Gasteiger partial charge in [0.2, 0.25) is 12.5 Å². The Kier molecular flexibility index (Phi) is 4.90. The standard InChI is InChI=1S/C18H17NO7S2/c1-23-16-11(4-7-14(20)26-12-5-6-12)9-13(17-18(16)25-10-24-17)19-28(21,22)15-3-2-8-27-15/h2-4,7-9,12,19H,5-6,10H2,1H3/b7-4+. The van der Waals surface area contributed by atoms with Crippen LogP contribution in [0.3, 0.4) is 0 Å². The summed E-state index contributed by atoms with van der Waals surface area (Å²) in [6.07, 6.45) is 4.51. The van der Waals surface area contributed by atoms with Gasteiger partial charge in [0.15, 0.2) is 11.5 Å². The molecule has 0 spiro atoms. The minimum absolute atomic E-state index is 0.0102. The molecule has 1 aromatic carbocycles. The number of fused-ring (bicyclic) bond motifs is 1. The Morgan fingerprint density at radius 3 is 2.79 bits per heavy atom. The van der Waals surface area contributed by atoms with Crippen LogP contribution in [0.1, 0.15) is 18.4 Å². The number of anilines is 1. The van der Waals surface area contributed by atoms with Crippen LogP contribution in [0.5, 0.6) is 17.2 Å². The first-order chi connectivity index (χ1) is 13.5. The average molecular weight is 423 g/mol. The molecule has 0 bridgehead atoms. The van der Waals surface area contributed by atoms with Crippen LogP contribution in [0, 0.1) is 0 Å². The number of carbonyl (C=O) groups excluding carboxylic acids is 1. The van der Waals surface area contributed by atoms with Gasteiger partial charge in [-0.1, -0.05) is 6.07 Å². The van der Waals surface area contributed by atoms with E-state index in [4.69, 9.17) is 18.9 Å². The third-order valence-corrected chi connectivity index (χ3v) is 6.80. The fourth-order valence-electron chi connectivity index (χ4n) is 2.63. The minimum Gasteiger partial charge on any atom is -0.492 e. The lowest BCUT2D eigenvalue weighted by atomic mass is 10.1. The van der Waals surface area contributed by atoms with Crippen LogP contribution in [-0.4, -0.2) is 34.4 Å². The fourth-order valence-corrected chi connectivity index (χ4v) is 4.68. The molecule has 8 nitrogen and oxygen atoms in total. The highest BCUT2D eigenvalue weighted by atomic mass is 32.2. The highest BCUT2D eigenvalue weighted by molar-refractivity contribution is 7.94. The van der Waals surface area contributed by atoms with Gasteiger partial charge in [0, 0.05) is 11.6 Å². The molecule has 2 aliphatic rings. The number of ether oxygens (including phenoxy) is 4. The molecule has 0 saturated heterocycles. The molecule has 0 amide bonds. The second-order valence-electron chi connectivity index (χ2n) is 6.12. The summed E-state index contributed by atoms with van der Waals surface area (Å²) in [6.45, 7) is -0.0731. The molecule has 1 aromatic heterocycles. The van der Waals surface area contributed by atoms with Gasteiger partial charge in [-0.25, -0.2) is 13.2 Å². The van der Waals surface area contributed by atoms with E-state index in [1.165, 1.54) is 31.4 Å². The molecule has 1 fully saturated rings. The summed E-state index contributed by atoms with van der Waals surface area (Å²) < 4.78 is 49.3. The lowest BCUT2D eigenvalue weighted by molar-refractivity contribution is -0.138. The van der Waals surface area contributed by atoms with Crippen LogP contribution < -0.4 is 18.9 Å². The van der Waals surface area contributed by atoms with Crippen LogP contribution in [0.15, 0.2) is 33.9 Å². The maximum atomic E-state index is 12.6. The molecule has 1 N–H and O–H groups in total. The number of hydrogen-bond acceptors (Lipinski definition) is 8. The molecular formula is C18H17NO7S2. The summed E-state index contributed by atoms with van der Waals surface area (Å²) in [5.74, 6) is 0.365. The van der Waals surface area contributed by atoms with E-state index in [9.17, 15) is 13.2 Å². The van der Waals surface area contributed by atoms with Gasteiger partial charge in [0.1, 0.15) is 10.3 Å². The van der Waals surface area contributed by atoms with E-state index in [2.05, 4.69) is 4.72 Å². The van der Waals surface area contributed by atoms with Gasteiger partial charge in [-0.2, -0.15) is 0 Å². The molecule has 0 atom stereocenters. The lowest BCUT2D eigenvalue weighted by Crippen LogP contribution is -2.12. The van der Waals surface area contributed by atoms with E-state index >= 15 is 0 Å². The smallest absolute Gasteiger partial charge is 0.331 e. The number of nitrogens with one attached hydrogen (secondary N) is 1. The van der Waals surface area contributed by atoms with E-state index in [1.54, 1.807) is 11.4 Å². The van der Waals surface area contributed by atoms with E-state index in [0.717, 1.165) is 24.2 Å². The summed E-state index contributed by atoms with van der Waals surface area (Å²) in [5.41, 5.74) is 0.639. The van der Waals surface area contributed by atoms with Crippen molar-refractivity contribution in [3.8, 4) is 17.2 Å². The Hall–Kier alpha value is -2.72. The average Bonchev–Trinajstić information content (AvgIpc) is 3.14. The molecule has 28 heavy (non-hydrogen) atoms. The van der Waals surface area contributed by atoms with Crippen molar-refractivity contribution in [3.05, 3.63) is 35.2 Å². The summed E-state index contributed by atoms with van der Waals surface area (Å²) in [5, 5.41) is 1.67. The maximum Gasteiger partial charge on any atom is 0.331 e. The van der Waals surface area contributed by atoms with Gasteiger partial charge in [0.25, 0.3) is 10.0 Å². The van der Waals surface area contributed by atoms with Crippen LogP contribution in [0.4, 0.5) is 5.69 Å². The molecule has 0 radical (unpaired) electrons. The molecule has 148 valence electrons. The summed E-state index contributed by atoms with van der Waals surface area (Å²) >= 11 is 1.10. The first kappa shape index (κ1) is 18.6. The lowest BCUT2D eigenvalue weighted by Gasteiger charge is -2.14. The van der Waals surface area contributed by atoms with Crippen molar-refractivity contribution in [3.63, 3.8) is 0 Å². The number of methoxy groups -OCH3 is 1. The number of thiophene rings is 1. The Labute approximate surface area is 165 Å². The maximum absolute atomic E-state index is 12.6. The predicted octanol–water partition coefficient (Wildman–Crippen LogP) is 3.01. The molecule has 1 aliphatic heterocycles. The molecule has 10 heteroatoms. The Morgan fingerprint density at radius 1 is 1.32 bits per heavy atom. The second-order valence-corrected chi connectivity index (χ2v) is 8.98. The zero-order valence-electron chi connectivity index (χ0n) is 14.8. The van der Waals surface area contributed by atoms with Crippen molar-refractivity contribution in [2.75, 3.05) is 18.6 Å². The largest absolute Gasteiger partial charge is 0.492 e. The molecule has 1 saturated carbocycles. The van der Waals surface area contributed by atoms with E-state index in [1.807, 2.05) is 0 Å². The number of benzene rings is 1. The number of rotatable bonds is 7. The van der Waals surface area contributed by atoms with Crippen molar-refractivity contribution in [2.45, 2.75) is 23.2 Å². The van der Waals surface area contributed by atoms with Crippen molar-refractivity contribution >= 4 is 39.1 Å². The highest BCUT2D eigenvalue weighted by Crippen LogP contribution is 2.49. The number of esters is 1. The highest BCUT2D eigenvalue weighted by Gasteiger charge is 2.29. The molecule has 4 rings (SSSR count). The Balaban J connectivity index is 1.69. The second kappa shape index (κ2) is 7.36. The number of sulfonamides is 1. The Morgan fingerprint density at radius 2 is 2.11 bits per heavy atom. The van der Waals surface area contributed by atoms with Gasteiger partial charge in [-0.15, -0.1) is 11.3 Å². The van der Waals surface area contributed by atoms with Gasteiger partial charge >= 0.3 is 5.97 Å². The predicted molar refractivity (Wildman–Crippen MR) is 102 cm³/mol. The monoisotopic (exact) mass is 423 g/mol. The number of carbonyl (C=O) groups is 1. The quantitative estimate of drug-likeness (QED) is 0.540. The van der Waals surface area contributed by atoms with Crippen molar-refractivity contribution in [2.24, 2.45) is 0 Å². The van der Waals surface area contributed by atoms with Crippen LogP contribution in [-0.2, 0) is 19.6 Å². The van der Waals surface area contributed by atoms with E-state index in [0.29, 0.717) is 11.3 Å². The third-order valence-electron chi connectivity index (χ3n) is 4.04. The van der Waals surface area contributed by atoms with Crippen LogP contribution >= 0.6 is 11.3 Å². The zero-order chi connectivity index (χ0) is 19.7. The SMILES string of the molecule is COc1c(/C=C/C(=O)OC2CC2)cc(NS(=O)(=O)c2cccs2)c2c1OCO2. The summed E-state index contributed by atoms with van der Waals surface area (Å²) in [4.78, 5) is 11.9. The van der Waals surface area contributed by atoms with Crippen molar-refractivity contribution < 1.29 is 32.2 Å². The molecular weight excluding hydrogens is 406 g/mol. The number of hydrogen-bond donors (Lipinski definition) is 1. The van der Waals surface area contributed by atoms with Crippen molar-refractivity contribution in [1.82, 2.24) is 0 Å². The minimum atomic E-state index is -3.79. The van der Waals surface area contributed by atoms with Gasteiger partial charge < -0.3 is 18.9 Å². The van der Waals surface area contributed by atoms with Gasteiger partial charge in [-0.3, -0.25) is 4.72 Å². The Bertz CT molecular complexity index is 1020. The van der Waals surface area contributed by atoms with Gasteiger partial charge in [0.05, 0.1) is 12.8 Å². The summed E-state index contributed by atoms with van der Waals surface area (Å²) in [7, 11) is -2.34. The van der Waals surface area contributed by atoms with Crippen molar-refractivity contribution in [1.29, 1.82) is 0 Å². The summed E-state index contributed by atoms with van der Waals surface area (Å²) in [6, 6.07) is 4.68. The molecule has 2 heterocycles. The first-order valence-electron chi connectivity index (χ1n) is 8.43. The van der Waals surface area contributed by atoms with Crippen LogP contribution in [0.25, 0.3) is 6.08 Å². The van der Waals surface area contributed by atoms with E-state index in [-0.39, 0.29) is 34.3 Å². The molecule has 0 unspecified atom stereocenters. The molecule has 2 aromatic rings. The third kappa shape index (κ3) is 3.78. The van der Waals surface area contributed by atoms with Crippen LogP contribution in [0.2, 0.25) is 0 Å². The normalized spacial score (nSPS) is 15.6. The first-order valence-corrected chi connectivity index (χ1v) is 10.8. The molecule has 1 aliphatic carbocycles. The topological polar surface area (TPSA) is 100 Å². The van der Waals surface area contributed by atoms with Gasteiger partial charge in [-0.05, 0) is 36.4 Å². The fraction of sp³-hybridized carbons (Fsp3) is 0.278. The zero-order valence-corrected chi connectivity index (χ0v) is 16.5. The van der Waals surface area contributed by atoms with E-state index < -0.39 is 16.0 Å².